The Morgan fingerprint density at radius 2 is 1.61 bits per heavy atom. The van der Waals surface area contributed by atoms with Gasteiger partial charge in [-0.25, -0.2) is 0 Å². The second kappa shape index (κ2) is 9.57. The van der Waals surface area contributed by atoms with Crippen LogP contribution < -0.4 is 24.4 Å². The zero-order valence-electron chi connectivity index (χ0n) is 24.1. The molecule has 0 radical (unpaired) electrons. The summed E-state index contributed by atoms with van der Waals surface area (Å²) < 4.78 is 16.5. The molecule has 8 rings (SSSR count). The number of para-hydroxylation sites is 2. The number of hydrogen-bond acceptors (Lipinski definition) is 7. The third kappa shape index (κ3) is 3.48. The first kappa shape index (κ1) is 26.3. The molecular formula is C36H28N2O6. The highest BCUT2D eigenvalue weighted by molar-refractivity contribution is 6.18. The smallest absolute Gasteiger partial charge is 0.238 e. The molecule has 1 amide bonds. The van der Waals surface area contributed by atoms with Gasteiger partial charge in [0.2, 0.25) is 12.7 Å². The number of benzene rings is 4. The van der Waals surface area contributed by atoms with E-state index < -0.39 is 23.4 Å². The van der Waals surface area contributed by atoms with Crippen LogP contribution in [-0.2, 0) is 10.2 Å². The Bertz CT molecular complexity index is 1910. The van der Waals surface area contributed by atoms with E-state index in [-0.39, 0.29) is 24.3 Å². The minimum atomic E-state index is -1.40. The van der Waals surface area contributed by atoms with Crippen molar-refractivity contribution in [3.63, 3.8) is 0 Å². The van der Waals surface area contributed by atoms with Gasteiger partial charge >= 0.3 is 0 Å². The molecule has 1 N–H and O–H groups in total. The molecule has 1 saturated heterocycles. The zero-order valence-corrected chi connectivity index (χ0v) is 24.1. The maximum absolute atomic E-state index is 15.1. The van der Waals surface area contributed by atoms with Gasteiger partial charge in [-0.3, -0.25) is 14.4 Å². The van der Waals surface area contributed by atoms with Gasteiger partial charge in [0.15, 0.2) is 23.1 Å². The van der Waals surface area contributed by atoms with Gasteiger partial charge in [-0.2, -0.15) is 0 Å². The molecule has 4 aromatic carbocycles. The van der Waals surface area contributed by atoms with Gasteiger partial charge in [0.25, 0.3) is 0 Å². The summed E-state index contributed by atoms with van der Waals surface area (Å²) in [5.74, 6) is -0.351. The Morgan fingerprint density at radius 3 is 2.43 bits per heavy atom. The normalized spacial score (nSPS) is 23.9. The standard InChI is InChI=1S/C36H28N2O6/c1-20-17-30-36(25-8-4-5-9-26(25)37-35(36)41)31(33(39)22-13-16-28-29(18-22)44-19-43-28)32(38(30)27-10-6-3-7-24(20)27)34(40)21-11-14-23(42-2)15-12-21/h3-18,30-32H,19H2,1-2H3,(H,37,41)/t30-,31-,32-,36-/m0/s1. The first-order valence-corrected chi connectivity index (χ1v) is 14.5. The third-order valence-electron chi connectivity index (χ3n) is 9.47. The Morgan fingerprint density at radius 1 is 0.886 bits per heavy atom. The van der Waals surface area contributed by atoms with Crippen LogP contribution in [0.25, 0.3) is 5.57 Å². The lowest BCUT2D eigenvalue weighted by Crippen LogP contribution is -2.51. The van der Waals surface area contributed by atoms with E-state index >= 15 is 4.79 Å². The zero-order chi connectivity index (χ0) is 30.2. The SMILES string of the molecule is COc1ccc(C(=O)[C@@H]2[C@@H](C(=O)c3ccc4c(c3)OCO4)[C@@]3(C(=O)Nc4ccccc43)[C@@H]3C=C(C)c4ccccc4N23)cc1. The molecule has 218 valence electrons. The van der Waals surface area contributed by atoms with Crippen molar-refractivity contribution >= 4 is 34.4 Å². The van der Waals surface area contributed by atoms with E-state index in [1.54, 1.807) is 49.6 Å². The van der Waals surface area contributed by atoms with Crippen LogP contribution in [0.2, 0.25) is 0 Å². The van der Waals surface area contributed by atoms with Crippen LogP contribution in [0.5, 0.6) is 17.2 Å². The van der Waals surface area contributed by atoms with Gasteiger partial charge in [0, 0.05) is 28.1 Å². The molecule has 44 heavy (non-hydrogen) atoms. The molecule has 0 aromatic heterocycles. The van der Waals surface area contributed by atoms with E-state index in [1.807, 2.05) is 66.4 Å². The molecule has 0 saturated carbocycles. The number of carbonyl (C=O) groups excluding carboxylic acids is 3. The molecule has 0 aliphatic carbocycles. The molecule has 4 aliphatic heterocycles. The minimum Gasteiger partial charge on any atom is -0.497 e. The van der Waals surface area contributed by atoms with Crippen molar-refractivity contribution < 1.29 is 28.6 Å². The Balaban J connectivity index is 1.41. The topological polar surface area (TPSA) is 94.2 Å². The lowest BCUT2D eigenvalue weighted by atomic mass is 9.64. The van der Waals surface area contributed by atoms with Crippen LogP contribution >= 0.6 is 0 Å². The van der Waals surface area contributed by atoms with Crippen molar-refractivity contribution in [2.24, 2.45) is 5.92 Å². The van der Waals surface area contributed by atoms with Gasteiger partial charge in [-0.1, -0.05) is 42.5 Å². The van der Waals surface area contributed by atoms with Gasteiger partial charge in [0.1, 0.15) is 17.2 Å². The second-order valence-electron chi connectivity index (χ2n) is 11.5. The van der Waals surface area contributed by atoms with E-state index in [0.717, 1.165) is 16.8 Å². The van der Waals surface area contributed by atoms with E-state index in [4.69, 9.17) is 14.2 Å². The number of allylic oxidation sites excluding steroid dienone is 1. The highest BCUT2D eigenvalue weighted by Gasteiger charge is 2.70. The molecule has 8 nitrogen and oxygen atoms in total. The van der Waals surface area contributed by atoms with E-state index in [2.05, 4.69) is 5.32 Å². The first-order valence-electron chi connectivity index (χ1n) is 14.5. The van der Waals surface area contributed by atoms with Crippen molar-refractivity contribution in [2.45, 2.75) is 24.4 Å². The van der Waals surface area contributed by atoms with Gasteiger partial charge < -0.3 is 24.4 Å². The van der Waals surface area contributed by atoms with E-state index in [9.17, 15) is 9.59 Å². The summed E-state index contributed by atoms with van der Waals surface area (Å²) >= 11 is 0. The number of anilines is 2. The summed E-state index contributed by atoms with van der Waals surface area (Å²) in [6.45, 7) is 2.07. The van der Waals surface area contributed by atoms with Crippen molar-refractivity contribution in [3.05, 3.63) is 119 Å². The van der Waals surface area contributed by atoms with Crippen LogP contribution in [0, 0.1) is 5.92 Å². The third-order valence-corrected chi connectivity index (χ3v) is 9.47. The van der Waals surface area contributed by atoms with Crippen LogP contribution in [0.3, 0.4) is 0 Å². The van der Waals surface area contributed by atoms with E-state index in [0.29, 0.717) is 39.6 Å². The fourth-order valence-electron chi connectivity index (χ4n) is 7.54. The largest absolute Gasteiger partial charge is 0.497 e. The Labute approximate surface area is 253 Å². The monoisotopic (exact) mass is 584 g/mol. The Hall–Kier alpha value is -5.37. The summed E-state index contributed by atoms with van der Waals surface area (Å²) in [7, 11) is 1.57. The molecule has 0 bridgehead atoms. The summed E-state index contributed by atoms with van der Waals surface area (Å²) in [4.78, 5) is 46.5. The van der Waals surface area contributed by atoms with Gasteiger partial charge in [-0.05, 0) is 72.7 Å². The molecule has 4 aromatic rings. The summed E-state index contributed by atoms with van der Waals surface area (Å²) in [5.41, 5.74) is 3.45. The first-order chi connectivity index (χ1) is 21.4. The molecule has 0 unspecified atom stereocenters. The van der Waals surface area contributed by atoms with Gasteiger partial charge in [0.05, 0.1) is 19.1 Å². The Kier molecular flexibility index (Phi) is 5.71. The summed E-state index contributed by atoms with van der Waals surface area (Å²) in [6, 6.07) is 25.6. The average molecular weight is 585 g/mol. The number of Topliss-reactive ketones (excluding diaryl/α,β-unsaturated/α-hetero) is 2. The molecule has 1 spiro atoms. The second-order valence-corrected chi connectivity index (χ2v) is 11.5. The molecule has 1 fully saturated rings. The number of methoxy groups -OCH3 is 1. The number of hydrogen-bond donors (Lipinski definition) is 1. The number of carbonyl (C=O) groups is 3. The van der Waals surface area contributed by atoms with Crippen LogP contribution in [0.1, 0.15) is 38.8 Å². The number of rotatable bonds is 5. The fraction of sp³-hybridized carbons (Fsp3) is 0.194. The van der Waals surface area contributed by atoms with Crippen molar-refractivity contribution in [3.8, 4) is 17.2 Å². The fourth-order valence-corrected chi connectivity index (χ4v) is 7.54. The van der Waals surface area contributed by atoms with Gasteiger partial charge in [-0.15, -0.1) is 0 Å². The molecule has 4 atom stereocenters. The molecule has 4 aliphatic rings. The quantitative estimate of drug-likeness (QED) is 0.302. The average Bonchev–Trinajstić information content (AvgIpc) is 3.73. The van der Waals surface area contributed by atoms with Crippen molar-refractivity contribution in [2.75, 3.05) is 24.1 Å². The summed E-state index contributed by atoms with van der Waals surface area (Å²) in [5, 5.41) is 3.07. The number of amides is 1. The predicted octanol–water partition coefficient (Wildman–Crippen LogP) is 5.67. The predicted molar refractivity (Wildman–Crippen MR) is 165 cm³/mol. The maximum atomic E-state index is 15.1. The van der Waals surface area contributed by atoms with Crippen LogP contribution in [-0.4, -0.2) is 43.5 Å². The highest BCUT2D eigenvalue weighted by Crippen LogP contribution is 2.59. The summed E-state index contributed by atoms with van der Waals surface area (Å²) in [6.07, 6.45) is 2.05. The number of ether oxygens (including phenoxy) is 3. The molecule has 4 heterocycles. The van der Waals surface area contributed by atoms with Crippen LogP contribution in [0.4, 0.5) is 11.4 Å². The maximum Gasteiger partial charge on any atom is 0.238 e. The number of fused-ring (bicyclic) bond motifs is 7. The highest BCUT2D eigenvalue weighted by atomic mass is 16.7. The minimum absolute atomic E-state index is 0.0609. The number of nitrogens with zero attached hydrogens (tertiary/aromatic N) is 1. The lowest BCUT2D eigenvalue weighted by molar-refractivity contribution is -0.121. The molecule has 8 heteroatoms. The number of ketones is 2. The number of nitrogens with one attached hydrogen (secondary N) is 1. The molecular weight excluding hydrogens is 556 g/mol. The van der Waals surface area contributed by atoms with Crippen molar-refractivity contribution in [1.82, 2.24) is 0 Å². The van der Waals surface area contributed by atoms with Crippen molar-refractivity contribution in [1.29, 1.82) is 0 Å². The van der Waals surface area contributed by atoms with Crippen LogP contribution in [0.15, 0.2) is 97.1 Å². The lowest BCUT2D eigenvalue weighted by Gasteiger charge is -2.39. The van der Waals surface area contributed by atoms with E-state index in [1.165, 1.54) is 0 Å².